The summed E-state index contributed by atoms with van der Waals surface area (Å²) in [7, 11) is 1.59. The largest absolute Gasteiger partial charge is 0.497 e. The number of fused-ring (bicyclic) bond motifs is 1. The number of anilines is 1. The summed E-state index contributed by atoms with van der Waals surface area (Å²) in [6.07, 6.45) is 1.64. The van der Waals surface area contributed by atoms with E-state index in [1.165, 1.54) is 0 Å². The summed E-state index contributed by atoms with van der Waals surface area (Å²) in [5.41, 5.74) is 0. The second-order valence-corrected chi connectivity index (χ2v) is 3.95. The number of nitrogens with one attached hydrogen (secondary N) is 1. The molecule has 2 rings (SSSR count). The molecule has 2 N–H and O–H groups in total. The van der Waals surface area contributed by atoms with Crippen LogP contribution in [0.15, 0.2) is 30.5 Å². The molecule has 0 radical (unpaired) electrons. The Hall–Kier alpha value is -2.30. The van der Waals surface area contributed by atoms with Crippen LogP contribution in [0.25, 0.3) is 10.8 Å². The molecule has 5 nitrogen and oxygen atoms in total. The van der Waals surface area contributed by atoms with Gasteiger partial charge in [-0.05, 0) is 30.5 Å². The smallest absolute Gasteiger partial charge is 0.325 e. The van der Waals surface area contributed by atoms with E-state index in [4.69, 9.17) is 9.84 Å². The zero-order valence-electron chi connectivity index (χ0n) is 10.2. The number of hydrogen-bond acceptors (Lipinski definition) is 4. The van der Waals surface area contributed by atoms with Crippen molar-refractivity contribution in [2.75, 3.05) is 12.4 Å². The minimum atomic E-state index is -0.920. The van der Waals surface area contributed by atoms with Gasteiger partial charge in [-0.2, -0.15) is 0 Å². The van der Waals surface area contributed by atoms with E-state index in [1.54, 1.807) is 20.2 Å². The Morgan fingerprint density at radius 2 is 2.22 bits per heavy atom. The van der Waals surface area contributed by atoms with E-state index in [2.05, 4.69) is 10.3 Å². The van der Waals surface area contributed by atoms with E-state index in [0.717, 1.165) is 10.8 Å². The average molecular weight is 246 g/mol. The molecular formula is C13H14N2O3. The van der Waals surface area contributed by atoms with Crippen LogP contribution in [0.3, 0.4) is 0 Å². The van der Waals surface area contributed by atoms with E-state index in [0.29, 0.717) is 11.6 Å². The first-order valence-corrected chi connectivity index (χ1v) is 5.54. The first kappa shape index (κ1) is 12.2. The molecule has 0 spiro atoms. The molecule has 0 aliphatic carbocycles. The maximum absolute atomic E-state index is 10.8. The first-order valence-electron chi connectivity index (χ1n) is 5.54. The molecule has 1 aromatic heterocycles. The normalized spacial score (nSPS) is 12.1. The Bertz CT molecular complexity index is 583. The standard InChI is InChI=1S/C13H14N2O3/c1-8(13(16)17)15-12-11-7-10(18-2)4-3-9(11)5-6-14-12/h3-8H,1-2H3,(H,14,15)(H,16,17). The highest BCUT2D eigenvalue weighted by molar-refractivity contribution is 5.94. The lowest BCUT2D eigenvalue weighted by atomic mass is 10.1. The highest BCUT2D eigenvalue weighted by Gasteiger charge is 2.12. The predicted octanol–water partition coefficient (Wildman–Crippen LogP) is 2.13. The van der Waals surface area contributed by atoms with Gasteiger partial charge in [0.05, 0.1) is 7.11 Å². The van der Waals surface area contributed by atoms with Gasteiger partial charge in [0, 0.05) is 11.6 Å². The molecule has 1 atom stereocenters. The monoisotopic (exact) mass is 246 g/mol. The summed E-state index contributed by atoms with van der Waals surface area (Å²) in [6.45, 7) is 1.57. The van der Waals surface area contributed by atoms with E-state index in [-0.39, 0.29) is 0 Å². The first-order chi connectivity index (χ1) is 8.61. The fourth-order valence-corrected chi connectivity index (χ4v) is 1.66. The Morgan fingerprint density at radius 3 is 2.89 bits per heavy atom. The van der Waals surface area contributed by atoms with Crippen LogP contribution in [0.1, 0.15) is 6.92 Å². The maximum atomic E-state index is 10.8. The van der Waals surface area contributed by atoms with E-state index < -0.39 is 12.0 Å². The zero-order chi connectivity index (χ0) is 13.1. The summed E-state index contributed by atoms with van der Waals surface area (Å²) in [6, 6.07) is 6.76. The Balaban J connectivity index is 2.46. The molecule has 0 saturated heterocycles. The van der Waals surface area contributed by atoms with Gasteiger partial charge in [-0.15, -0.1) is 0 Å². The van der Waals surface area contributed by atoms with Gasteiger partial charge in [-0.1, -0.05) is 6.07 Å². The second-order valence-electron chi connectivity index (χ2n) is 3.95. The maximum Gasteiger partial charge on any atom is 0.325 e. The third kappa shape index (κ3) is 2.34. The van der Waals surface area contributed by atoms with Crippen LogP contribution < -0.4 is 10.1 Å². The Labute approximate surface area is 104 Å². The molecule has 18 heavy (non-hydrogen) atoms. The number of aromatic nitrogens is 1. The Morgan fingerprint density at radius 1 is 1.44 bits per heavy atom. The molecule has 0 bridgehead atoms. The number of aliphatic carboxylic acids is 1. The molecule has 0 saturated carbocycles. The third-order valence-electron chi connectivity index (χ3n) is 2.70. The van der Waals surface area contributed by atoms with Crippen LogP contribution in [0, 0.1) is 0 Å². The number of carbonyl (C=O) groups is 1. The molecule has 0 aliphatic heterocycles. The SMILES string of the molecule is COc1ccc2ccnc(NC(C)C(=O)O)c2c1. The number of methoxy groups -OCH3 is 1. The van der Waals surface area contributed by atoms with Crippen molar-refractivity contribution in [2.45, 2.75) is 13.0 Å². The van der Waals surface area contributed by atoms with Gasteiger partial charge in [0.25, 0.3) is 0 Å². The molecule has 1 unspecified atom stereocenters. The van der Waals surface area contributed by atoms with Gasteiger partial charge in [0.1, 0.15) is 17.6 Å². The number of nitrogens with zero attached hydrogens (tertiary/aromatic N) is 1. The molecule has 1 heterocycles. The van der Waals surface area contributed by atoms with Crippen LogP contribution in [0.5, 0.6) is 5.75 Å². The van der Waals surface area contributed by atoms with Crippen LogP contribution in [0.2, 0.25) is 0 Å². The van der Waals surface area contributed by atoms with Crippen LogP contribution in [0.4, 0.5) is 5.82 Å². The lowest BCUT2D eigenvalue weighted by Crippen LogP contribution is -2.25. The molecule has 2 aromatic rings. The fraction of sp³-hybridized carbons (Fsp3) is 0.231. The van der Waals surface area contributed by atoms with Crippen molar-refractivity contribution >= 4 is 22.6 Å². The predicted molar refractivity (Wildman–Crippen MR) is 69.0 cm³/mol. The Kier molecular flexibility index (Phi) is 3.32. The summed E-state index contributed by atoms with van der Waals surface area (Å²) in [5.74, 6) is 0.333. The van der Waals surface area contributed by atoms with Crippen molar-refractivity contribution in [1.82, 2.24) is 4.98 Å². The lowest BCUT2D eigenvalue weighted by Gasteiger charge is -2.12. The number of rotatable bonds is 4. The number of carboxylic acid groups (broad SMARTS) is 1. The van der Waals surface area contributed by atoms with Crippen molar-refractivity contribution in [3.8, 4) is 5.75 Å². The van der Waals surface area contributed by atoms with E-state index in [1.807, 2.05) is 24.3 Å². The van der Waals surface area contributed by atoms with Crippen molar-refractivity contribution in [3.05, 3.63) is 30.5 Å². The van der Waals surface area contributed by atoms with Crippen LogP contribution >= 0.6 is 0 Å². The molecular weight excluding hydrogens is 232 g/mol. The van der Waals surface area contributed by atoms with E-state index >= 15 is 0 Å². The highest BCUT2D eigenvalue weighted by Crippen LogP contribution is 2.25. The number of hydrogen-bond donors (Lipinski definition) is 2. The molecule has 0 fully saturated rings. The summed E-state index contributed by atoms with van der Waals surface area (Å²) >= 11 is 0. The number of pyridine rings is 1. The quantitative estimate of drug-likeness (QED) is 0.864. The third-order valence-corrected chi connectivity index (χ3v) is 2.70. The van der Waals surface area contributed by atoms with Gasteiger partial charge < -0.3 is 15.2 Å². The molecule has 0 aliphatic rings. The van der Waals surface area contributed by atoms with E-state index in [9.17, 15) is 4.79 Å². The van der Waals surface area contributed by atoms with Crippen LogP contribution in [-0.2, 0) is 4.79 Å². The molecule has 94 valence electrons. The van der Waals surface area contributed by atoms with Crippen molar-refractivity contribution in [1.29, 1.82) is 0 Å². The van der Waals surface area contributed by atoms with Crippen molar-refractivity contribution in [3.63, 3.8) is 0 Å². The summed E-state index contributed by atoms with van der Waals surface area (Å²) in [4.78, 5) is 15.0. The van der Waals surface area contributed by atoms with Gasteiger partial charge in [0.2, 0.25) is 0 Å². The summed E-state index contributed by atoms with van der Waals surface area (Å²) in [5, 5.41) is 13.6. The number of carboxylic acids is 1. The highest BCUT2D eigenvalue weighted by atomic mass is 16.5. The minimum Gasteiger partial charge on any atom is -0.497 e. The zero-order valence-corrected chi connectivity index (χ0v) is 10.2. The fourth-order valence-electron chi connectivity index (χ4n) is 1.66. The van der Waals surface area contributed by atoms with Gasteiger partial charge in [-0.25, -0.2) is 4.98 Å². The van der Waals surface area contributed by atoms with Gasteiger partial charge in [0.15, 0.2) is 0 Å². The lowest BCUT2D eigenvalue weighted by molar-refractivity contribution is -0.137. The molecule has 5 heteroatoms. The van der Waals surface area contributed by atoms with Crippen molar-refractivity contribution in [2.24, 2.45) is 0 Å². The summed E-state index contributed by atoms with van der Waals surface area (Å²) < 4.78 is 5.16. The number of benzene rings is 1. The molecule has 1 aromatic carbocycles. The van der Waals surface area contributed by atoms with Gasteiger partial charge >= 0.3 is 5.97 Å². The molecule has 0 amide bonds. The topological polar surface area (TPSA) is 71.5 Å². The van der Waals surface area contributed by atoms with Gasteiger partial charge in [-0.3, -0.25) is 4.79 Å². The van der Waals surface area contributed by atoms with Crippen LogP contribution in [-0.4, -0.2) is 29.2 Å². The number of ether oxygens (including phenoxy) is 1. The minimum absolute atomic E-state index is 0.543. The second kappa shape index (κ2) is 4.91. The van der Waals surface area contributed by atoms with Crippen molar-refractivity contribution < 1.29 is 14.6 Å². The average Bonchev–Trinajstić information content (AvgIpc) is 2.38.